The summed E-state index contributed by atoms with van der Waals surface area (Å²) in [5, 5.41) is 15.1. The van der Waals surface area contributed by atoms with Crippen LogP contribution in [0.1, 0.15) is 19.8 Å². The molecule has 2 aromatic rings. The van der Waals surface area contributed by atoms with Crippen molar-refractivity contribution in [2.24, 2.45) is 0 Å². The number of nitrogens with zero attached hydrogens (tertiary/aromatic N) is 1. The lowest BCUT2D eigenvalue weighted by atomic mass is 9.79. The molecule has 1 fully saturated rings. The zero-order valence-corrected chi connectivity index (χ0v) is 12.6. The van der Waals surface area contributed by atoms with Gasteiger partial charge in [-0.1, -0.05) is 30.4 Å². The summed E-state index contributed by atoms with van der Waals surface area (Å²) in [6.07, 6.45) is 2.01. The van der Waals surface area contributed by atoms with Crippen LogP contribution < -0.4 is 5.32 Å². The van der Waals surface area contributed by atoms with Crippen molar-refractivity contribution in [3.8, 4) is 0 Å². The number of fused-ring (bicyclic) bond motifs is 1. The SMILES string of the molecule is CCSC1CCC1(O)CNc1nc2ccccc2s1. The highest BCUT2D eigenvalue weighted by molar-refractivity contribution is 8.00. The molecule has 102 valence electrons. The maximum absolute atomic E-state index is 10.5. The molecule has 0 saturated heterocycles. The van der Waals surface area contributed by atoms with Gasteiger partial charge in [0.2, 0.25) is 0 Å². The highest BCUT2D eigenvalue weighted by Crippen LogP contribution is 2.41. The molecule has 2 N–H and O–H groups in total. The number of thiazole rings is 1. The number of hydrogen-bond donors (Lipinski definition) is 2. The van der Waals surface area contributed by atoms with Crippen LogP contribution in [-0.2, 0) is 0 Å². The largest absolute Gasteiger partial charge is 0.387 e. The molecule has 3 nitrogen and oxygen atoms in total. The molecule has 1 aliphatic rings. The van der Waals surface area contributed by atoms with E-state index >= 15 is 0 Å². The number of thioether (sulfide) groups is 1. The van der Waals surface area contributed by atoms with Crippen LogP contribution in [0.4, 0.5) is 5.13 Å². The van der Waals surface area contributed by atoms with Crippen LogP contribution in [0.3, 0.4) is 0 Å². The van der Waals surface area contributed by atoms with E-state index in [0.29, 0.717) is 11.8 Å². The van der Waals surface area contributed by atoms with Gasteiger partial charge in [-0.05, 0) is 30.7 Å². The average molecular weight is 294 g/mol. The van der Waals surface area contributed by atoms with Gasteiger partial charge in [-0.2, -0.15) is 11.8 Å². The standard InChI is InChI=1S/C14H18N2OS2/c1-2-18-12-7-8-14(12,17)9-15-13-16-10-5-3-4-6-11(10)19-13/h3-6,12,17H,2,7-9H2,1H3,(H,15,16). The Hall–Kier alpha value is -0.780. The summed E-state index contributed by atoms with van der Waals surface area (Å²) in [4.78, 5) is 4.53. The van der Waals surface area contributed by atoms with E-state index in [2.05, 4.69) is 23.3 Å². The molecule has 1 aromatic carbocycles. The van der Waals surface area contributed by atoms with Crippen molar-refractivity contribution in [1.82, 2.24) is 4.98 Å². The monoisotopic (exact) mass is 294 g/mol. The van der Waals surface area contributed by atoms with Crippen LogP contribution in [0.2, 0.25) is 0 Å². The molecule has 3 rings (SSSR count). The molecule has 0 radical (unpaired) electrons. The summed E-state index contributed by atoms with van der Waals surface area (Å²) in [6.45, 7) is 2.74. The van der Waals surface area contributed by atoms with Crippen LogP contribution in [0.15, 0.2) is 24.3 Å². The molecular weight excluding hydrogens is 276 g/mol. The third kappa shape index (κ3) is 2.59. The molecule has 2 unspecified atom stereocenters. The number of aliphatic hydroxyl groups is 1. The van der Waals surface area contributed by atoms with Crippen LogP contribution in [0, 0.1) is 0 Å². The highest BCUT2D eigenvalue weighted by atomic mass is 32.2. The van der Waals surface area contributed by atoms with Gasteiger partial charge >= 0.3 is 0 Å². The fourth-order valence-corrected chi connectivity index (χ4v) is 4.47. The molecule has 2 atom stereocenters. The number of hydrogen-bond acceptors (Lipinski definition) is 5. The Morgan fingerprint density at radius 3 is 3.05 bits per heavy atom. The third-order valence-electron chi connectivity index (χ3n) is 3.65. The van der Waals surface area contributed by atoms with E-state index in [1.807, 2.05) is 30.0 Å². The zero-order valence-electron chi connectivity index (χ0n) is 10.9. The van der Waals surface area contributed by atoms with Gasteiger partial charge in [0.05, 0.1) is 15.8 Å². The zero-order chi connectivity index (χ0) is 13.3. The molecule has 0 bridgehead atoms. The molecule has 1 heterocycles. The quantitative estimate of drug-likeness (QED) is 0.887. The van der Waals surface area contributed by atoms with Crippen LogP contribution in [0.25, 0.3) is 10.2 Å². The second-order valence-electron chi connectivity index (χ2n) is 4.93. The summed E-state index contributed by atoms with van der Waals surface area (Å²) < 4.78 is 1.19. The van der Waals surface area contributed by atoms with E-state index in [-0.39, 0.29) is 0 Å². The molecule has 1 aromatic heterocycles. The van der Waals surface area contributed by atoms with Crippen LogP contribution >= 0.6 is 23.1 Å². The summed E-state index contributed by atoms with van der Waals surface area (Å²) in [7, 11) is 0. The molecule has 0 amide bonds. The van der Waals surface area contributed by atoms with Crippen molar-refractivity contribution >= 4 is 38.4 Å². The minimum atomic E-state index is -0.557. The molecule has 5 heteroatoms. The van der Waals surface area contributed by atoms with E-state index in [9.17, 15) is 5.11 Å². The van der Waals surface area contributed by atoms with Gasteiger partial charge in [0, 0.05) is 11.8 Å². The Kier molecular flexibility index (Phi) is 3.69. The molecule has 1 aliphatic carbocycles. The number of para-hydroxylation sites is 1. The van der Waals surface area contributed by atoms with Gasteiger partial charge in [-0.25, -0.2) is 4.98 Å². The number of anilines is 1. The number of aromatic nitrogens is 1. The number of benzene rings is 1. The maximum Gasteiger partial charge on any atom is 0.183 e. The van der Waals surface area contributed by atoms with Crippen LogP contribution in [0.5, 0.6) is 0 Å². The Balaban J connectivity index is 1.65. The summed E-state index contributed by atoms with van der Waals surface area (Å²) in [6, 6.07) is 8.12. The van der Waals surface area contributed by atoms with Gasteiger partial charge in [-0.3, -0.25) is 0 Å². The van der Waals surface area contributed by atoms with Gasteiger partial charge < -0.3 is 10.4 Å². The predicted molar refractivity (Wildman–Crippen MR) is 84.2 cm³/mol. The smallest absolute Gasteiger partial charge is 0.183 e. The predicted octanol–water partition coefficient (Wildman–Crippen LogP) is 3.35. The first-order valence-corrected chi connectivity index (χ1v) is 8.51. The normalized spacial score (nSPS) is 26.3. The number of rotatable bonds is 5. The minimum Gasteiger partial charge on any atom is -0.387 e. The second-order valence-corrected chi connectivity index (χ2v) is 7.44. The Morgan fingerprint density at radius 2 is 2.37 bits per heavy atom. The fourth-order valence-electron chi connectivity index (χ4n) is 2.41. The topological polar surface area (TPSA) is 45.1 Å². The highest BCUT2D eigenvalue weighted by Gasteiger charge is 2.45. The van der Waals surface area contributed by atoms with Crippen LogP contribution in [-0.4, -0.2) is 33.2 Å². The Labute approximate surface area is 121 Å². The van der Waals surface area contributed by atoms with E-state index in [4.69, 9.17) is 0 Å². The molecule has 1 saturated carbocycles. The maximum atomic E-state index is 10.5. The summed E-state index contributed by atoms with van der Waals surface area (Å²) in [5.74, 6) is 1.06. The first kappa shape index (κ1) is 13.2. The van der Waals surface area contributed by atoms with Gasteiger partial charge in [0.1, 0.15) is 0 Å². The van der Waals surface area contributed by atoms with Gasteiger partial charge in [0.15, 0.2) is 5.13 Å². The first-order chi connectivity index (χ1) is 9.21. The Bertz CT molecular complexity index is 538. The van der Waals surface area contributed by atoms with Crippen molar-refractivity contribution in [3.63, 3.8) is 0 Å². The minimum absolute atomic E-state index is 0.374. The number of nitrogens with one attached hydrogen (secondary N) is 1. The van der Waals surface area contributed by atoms with Crippen molar-refractivity contribution < 1.29 is 5.11 Å². The Morgan fingerprint density at radius 1 is 1.53 bits per heavy atom. The van der Waals surface area contributed by atoms with Crippen molar-refractivity contribution in [1.29, 1.82) is 0 Å². The van der Waals surface area contributed by atoms with Gasteiger partial charge in [-0.15, -0.1) is 0 Å². The third-order valence-corrected chi connectivity index (χ3v) is 6.05. The summed E-state index contributed by atoms with van der Waals surface area (Å²) in [5.41, 5.74) is 0.466. The summed E-state index contributed by atoms with van der Waals surface area (Å²) >= 11 is 3.51. The molecule has 0 spiro atoms. The molecular formula is C14H18N2OS2. The lowest BCUT2D eigenvalue weighted by molar-refractivity contribution is -0.0120. The van der Waals surface area contributed by atoms with E-state index in [0.717, 1.165) is 29.2 Å². The molecule has 0 aliphatic heterocycles. The van der Waals surface area contributed by atoms with E-state index < -0.39 is 5.60 Å². The van der Waals surface area contributed by atoms with Gasteiger partial charge in [0.25, 0.3) is 0 Å². The average Bonchev–Trinajstić information content (AvgIpc) is 2.83. The van der Waals surface area contributed by atoms with E-state index in [1.54, 1.807) is 11.3 Å². The molecule has 19 heavy (non-hydrogen) atoms. The lowest BCUT2D eigenvalue weighted by Crippen LogP contribution is -2.54. The van der Waals surface area contributed by atoms with Crippen molar-refractivity contribution in [2.45, 2.75) is 30.6 Å². The van der Waals surface area contributed by atoms with Crippen molar-refractivity contribution in [2.75, 3.05) is 17.6 Å². The van der Waals surface area contributed by atoms with Crippen molar-refractivity contribution in [3.05, 3.63) is 24.3 Å². The second kappa shape index (κ2) is 5.31. The lowest BCUT2D eigenvalue weighted by Gasteiger charge is -2.45. The first-order valence-electron chi connectivity index (χ1n) is 6.65. The van der Waals surface area contributed by atoms with E-state index in [1.165, 1.54) is 4.70 Å². The fraction of sp³-hybridized carbons (Fsp3) is 0.500.